The molecule has 1 amide bonds. The Morgan fingerprint density at radius 1 is 1.59 bits per heavy atom. The Kier molecular flexibility index (Phi) is 4.71. The molecule has 0 heterocycles. The van der Waals surface area contributed by atoms with E-state index in [1.54, 1.807) is 6.92 Å². The molecule has 0 saturated carbocycles. The number of ether oxygens (including phenoxy) is 2. The summed E-state index contributed by atoms with van der Waals surface area (Å²) in [7, 11) is 0. The molecular formula is C11H14FNO4. The van der Waals surface area contributed by atoms with Gasteiger partial charge in [-0.3, -0.25) is 0 Å². The number of halogens is 1. The normalized spacial score (nSPS) is 11.9. The maximum absolute atomic E-state index is 12.9. The summed E-state index contributed by atoms with van der Waals surface area (Å²) in [6.07, 6.45) is -1.33. The third kappa shape index (κ3) is 4.28. The quantitative estimate of drug-likeness (QED) is 0.813. The molecular weight excluding hydrogens is 229 g/mol. The highest BCUT2D eigenvalue weighted by Crippen LogP contribution is 2.20. The van der Waals surface area contributed by atoms with Crippen LogP contribution in [0.5, 0.6) is 5.75 Å². The molecule has 0 saturated heterocycles. The van der Waals surface area contributed by atoms with Crippen LogP contribution in [0.4, 0.5) is 9.18 Å². The zero-order valence-electron chi connectivity index (χ0n) is 9.35. The van der Waals surface area contributed by atoms with Gasteiger partial charge in [0.15, 0.2) is 0 Å². The molecule has 1 rings (SSSR count). The fraction of sp³-hybridized carbons (Fsp3) is 0.364. The lowest BCUT2D eigenvalue weighted by Gasteiger charge is -2.16. The zero-order valence-corrected chi connectivity index (χ0v) is 9.35. The number of amides is 1. The summed E-state index contributed by atoms with van der Waals surface area (Å²) in [5.41, 5.74) is 5.13. The number of carbonyl (C=O) groups is 1. The van der Waals surface area contributed by atoms with Gasteiger partial charge in [0.1, 0.15) is 24.3 Å². The van der Waals surface area contributed by atoms with E-state index in [2.05, 4.69) is 4.74 Å². The molecule has 0 bridgehead atoms. The molecule has 0 radical (unpaired) electrons. The number of rotatable bonds is 5. The van der Waals surface area contributed by atoms with Crippen molar-refractivity contribution in [3.63, 3.8) is 0 Å². The molecule has 1 aromatic rings. The minimum Gasteiger partial charge on any atom is -0.487 e. The van der Waals surface area contributed by atoms with Gasteiger partial charge in [-0.05, 0) is 25.1 Å². The van der Waals surface area contributed by atoms with Gasteiger partial charge in [-0.25, -0.2) is 9.18 Å². The van der Waals surface area contributed by atoms with Gasteiger partial charge in [-0.2, -0.15) is 0 Å². The summed E-state index contributed by atoms with van der Waals surface area (Å²) < 4.78 is 22.8. The molecule has 17 heavy (non-hydrogen) atoms. The number of nitrogens with two attached hydrogens (primary N) is 1. The van der Waals surface area contributed by atoms with Crippen molar-refractivity contribution in [3.05, 3.63) is 29.6 Å². The van der Waals surface area contributed by atoms with Crippen LogP contribution in [0.3, 0.4) is 0 Å². The van der Waals surface area contributed by atoms with E-state index in [0.29, 0.717) is 11.3 Å². The van der Waals surface area contributed by atoms with Gasteiger partial charge >= 0.3 is 6.09 Å². The van der Waals surface area contributed by atoms with Gasteiger partial charge in [0, 0.05) is 5.56 Å². The Morgan fingerprint density at radius 3 is 2.88 bits per heavy atom. The topological polar surface area (TPSA) is 81.8 Å². The van der Waals surface area contributed by atoms with E-state index in [9.17, 15) is 9.18 Å². The second-order valence-electron chi connectivity index (χ2n) is 3.47. The second-order valence-corrected chi connectivity index (χ2v) is 3.47. The third-order valence-corrected chi connectivity index (χ3v) is 1.98. The lowest BCUT2D eigenvalue weighted by molar-refractivity contribution is 0.0948. The average molecular weight is 243 g/mol. The zero-order chi connectivity index (χ0) is 12.8. The highest BCUT2D eigenvalue weighted by Gasteiger charge is 2.10. The van der Waals surface area contributed by atoms with E-state index < -0.39 is 18.0 Å². The lowest BCUT2D eigenvalue weighted by atomic mass is 10.2. The van der Waals surface area contributed by atoms with E-state index in [-0.39, 0.29) is 13.2 Å². The Labute approximate surface area is 97.9 Å². The number of hydrogen-bond donors (Lipinski definition) is 2. The van der Waals surface area contributed by atoms with Crippen LogP contribution < -0.4 is 10.5 Å². The van der Waals surface area contributed by atoms with E-state index in [0.717, 1.165) is 0 Å². The molecule has 0 aliphatic heterocycles. The van der Waals surface area contributed by atoms with Gasteiger partial charge in [-0.15, -0.1) is 0 Å². The summed E-state index contributed by atoms with van der Waals surface area (Å²) in [6.45, 7) is 1.31. The number of aliphatic hydroxyl groups is 1. The highest BCUT2D eigenvalue weighted by atomic mass is 19.1. The van der Waals surface area contributed by atoms with Crippen LogP contribution in [-0.4, -0.2) is 23.9 Å². The first-order chi connectivity index (χ1) is 8.02. The highest BCUT2D eigenvalue weighted by molar-refractivity contribution is 5.64. The predicted octanol–water partition coefficient (Wildman–Crippen LogP) is 1.18. The molecule has 1 aromatic carbocycles. The van der Waals surface area contributed by atoms with Crippen molar-refractivity contribution >= 4 is 6.09 Å². The molecule has 0 fully saturated rings. The number of primary amides is 1. The van der Waals surface area contributed by atoms with Crippen molar-refractivity contribution in [1.29, 1.82) is 0 Å². The standard InChI is InChI=1S/C11H14FNO4/c1-7(6-16-11(13)15)17-10-3-2-9(12)4-8(10)5-14/h2-4,7,14H,5-6H2,1H3,(H2,13,15)/t7-/m0/s1. The Hall–Kier alpha value is -1.82. The van der Waals surface area contributed by atoms with Gasteiger partial charge in [0.25, 0.3) is 0 Å². The molecule has 0 spiro atoms. The molecule has 1 atom stereocenters. The van der Waals surface area contributed by atoms with Crippen molar-refractivity contribution in [2.45, 2.75) is 19.6 Å². The van der Waals surface area contributed by atoms with Crippen molar-refractivity contribution in [3.8, 4) is 5.75 Å². The summed E-state index contributed by atoms with van der Waals surface area (Å²) in [5, 5.41) is 9.02. The van der Waals surface area contributed by atoms with Crippen molar-refractivity contribution in [2.24, 2.45) is 5.73 Å². The van der Waals surface area contributed by atoms with Crippen molar-refractivity contribution < 1.29 is 23.8 Å². The molecule has 0 aromatic heterocycles. The van der Waals surface area contributed by atoms with Crippen LogP contribution in [0, 0.1) is 5.82 Å². The summed E-state index contributed by atoms with van der Waals surface area (Å²) in [5.74, 6) is -0.114. The summed E-state index contributed by atoms with van der Waals surface area (Å²) in [4.78, 5) is 10.4. The fourth-order valence-corrected chi connectivity index (χ4v) is 1.24. The van der Waals surface area contributed by atoms with Crippen LogP contribution in [0.2, 0.25) is 0 Å². The molecule has 0 unspecified atom stereocenters. The molecule has 0 aliphatic rings. The lowest BCUT2D eigenvalue weighted by Crippen LogP contribution is -2.24. The van der Waals surface area contributed by atoms with Crippen LogP contribution >= 0.6 is 0 Å². The first kappa shape index (κ1) is 13.2. The summed E-state index contributed by atoms with van der Waals surface area (Å²) in [6, 6.07) is 3.80. The Bertz CT molecular complexity index is 397. The third-order valence-electron chi connectivity index (χ3n) is 1.98. The van der Waals surface area contributed by atoms with Crippen molar-refractivity contribution in [2.75, 3.05) is 6.61 Å². The van der Waals surface area contributed by atoms with Crippen molar-refractivity contribution in [1.82, 2.24) is 0 Å². The smallest absolute Gasteiger partial charge is 0.404 e. The number of hydrogen-bond acceptors (Lipinski definition) is 4. The largest absolute Gasteiger partial charge is 0.487 e. The number of benzene rings is 1. The SMILES string of the molecule is C[C@@H](COC(N)=O)Oc1ccc(F)cc1CO. The number of carbonyl (C=O) groups excluding carboxylic acids is 1. The first-order valence-electron chi connectivity index (χ1n) is 5.01. The first-order valence-corrected chi connectivity index (χ1v) is 5.01. The molecule has 0 aliphatic carbocycles. The molecule has 6 heteroatoms. The van der Waals surface area contributed by atoms with Crippen LogP contribution in [0.25, 0.3) is 0 Å². The monoisotopic (exact) mass is 243 g/mol. The maximum Gasteiger partial charge on any atom is 0.404 e. The van der Waals surface area contributed by atoms with Crippen LogP contribution in [0.15, 0.2) is 18.2 Å². The molecule has 3 N–H and O–H groups in total. The minimum absolute atomic E-state index is 0.0163. The van der Waals surface area contributed by atoms with Crippen LogP contribution in [-0.2, 0) is 11.3 Å². The Balaban J connectivity index is 2.64. The molecule has 94 valence electrons. The van der Waals surface area contributed by atoms with E-state index >= 15 is 0 Å². The average Bonchev–Trinajstić information content (AvgIpc) is 2.28. The van der Waals surface area contributed by atoms with Gasteiger partial charge in [0.2, 0.25) is 0 Å². The fourth-order valence-electron chi connectivity index (χ4n) is 1.24. The van der Waals surface area contributed by atoms with E-state index in [1.165, 1.54) is 18.2 Å². The van der Waals surface area contributed by atoms with Gasteiger partial charge in [-0.1, -0.05) is 0 Å². The predicted molar refractivity (Wildman–Crippen MR) is 57.9 cm³/mol. The Morgan fingerprint density at radius 2 is 2.29 bits per heavy atom. The van der Waals surface area contributed by atoms with Crippen LogP contribution in [0.1, 0.15) is 12.5 Å². The second kappa shape index (κ2) is 6.05. The maximum atomic E-state index is 12.9. The molecule has 5 nitrogen and oxygen atoms in total. The van der Waals surface area contributed by atoms with Gasteiger partial charge < -0.3 is 20.3 Å². The van der Waals surface area contributed by atoms with E-state index in [1.807, 2.05) is 0 Å². The van der Waals surface area contributed by atoms with Gasteiger partial charge in [0.05, 0.1) is 6.61 Å². The minimum atomic E-state index is -0.887. The number of aliphatic hydroxyl groups excluding tert-OH is 1. The summed E-state index contributed by atoms with van der Waals surface area (Å²) >= 11 is 0. The van der Waals surface area contributed by atoms with E-state index in [4.69, 9.17) is 15.6 Å².